The zero-order valence-electron chi connectivity index (χ0n) is 9.09. The molecule has 7 heteroatoms. The van der Waals surface area contributed by atoms with Gasteiger partial charge in [0.1, 0.15) is 5.82 Å². The molecule has 1 aromatic carbocycles. The standard InChI is InChI=1S/C11H7BrClF3N2/c1-18-5-9(11(14,15)16)17-10(18)7-4-6(13)2-3-8(7)12/h2-5H,1H3. The number of hydrogen-bond donors (Lipinski definition) is 0. The Bertz CT molecular complexity index is 592. The van der Waals surface area contributed by atoms with Crippen LogP contribution in [-0.2, 0) is 13.2 Å². The van der Waals surface area contributed by atoms with Crippen LogP contribution in [0, 0.1) is 0 Å². The van der Waals surface area contributed by atoms with Crippen LogP contribution >= 0.6 is 27.5 Å². The second kappa shape index (κ2) is 4.59. The lowest BCUT2D eigenvalue weighted by Gasteiger charge is -2.04. The maximum Gasteiger partial charge on any atom is 0.434 e. The number of rotatable bonds is 1. The van der Waals surface area contributed by atoms with Crippen LogP contribution in [0.4, 0.5) is 13.2 Å². The van der Waals surface area contributed by atoms with E-state index in [4.69, 9.17) is 11.6 Å². The minimum absolute atomic E-state index is 0.205. The fourth-order valence-corrected chi connectivity index (χ4v) is 2.12. The van der Waals surface area contributed by atoms with Gasteiger partial charge in [0.05, 0.1) is 0 Å². The lowest BCUT2D eigenvalue weighted by molar-refractivity contribution is -0.140. The minimum atomic E-state index is -4.46. The van der Waals surface area contributed by atoms with Crippen molar-refractivity contribution < 1.29 is 13.2 Å². The summed E-state index contributed by atoms with van der Waals surface area (Å²) < 4.78 is 39.6. The van der Waals surface area contributed by atoms with Gasteiger partial charge in [-0.2, -0.15) is 13.2 Å². The first-order valence-corrected chi connectivity index (χ1v) is 6.02. The molecule has 0 saturated carbocycles. The number of aromatic nitrogens is 2. The smallest absolute Gasteiger partial charge is 0.333 e. The number of aryl methyl sites for hydroxylation is 1. The molecule has 96 valence electrons. The summed E-state index contributed by atoms with van der Waals surface area (Å²) in [4.78, 5) is 3.60. The zero-order valence-corrected chi connectivity index (χ0v) is 11.4. The Kier molecular flexibility index (Phi) is 3.42. The summed E-state index contributed by atoms with van der Waals surface area (Å²) >= 11 is 9.10. The molecule has 0 fully saturated rings. The molecule has 18 heavy (non-hydrogen) atoms. The minimum Gasteiger partial charge on any atom is -0.333 e. The lowest BCUT2D eigenvalue weighted by Crippen LogP contribution is -2.04. The number of alkyl halides is 3. The third-order valence-corrected chi connectivity index (χ3v) is 3.26. The second-order valence-electron chi connectivity index (χ2n) is 3.68. The van der Waals surface area contributed by atoms with E-state index in [1.165, 1.54) is 11.6 Å². The molecule has 2 nitrogen and oxygen atoms in total. The molecule has 0 saturated heterocycles. The first-order chi connectivity index (χ1) is 8.29. The van der Waals surface area contributed by atoms with Gasteiger partial charge in [-0.25, -0.2) is 4.98 Å². The van der Waals surface area contributed by atoms with Crippen molar-refractivity contribution in [2.45, 2.75) is 6.18 Å². The zero-order chi connectivity index (χ0) is 13.5. The Labute approximate surface area is 115 Å². The van der Waals surface area contributed by atoms with E-state index in [9.17, 15) is 13.2 Å². The van der Waals surface area contributed by atoms with Gasteiger partial charge in [-0.15, -0.1) is 0 Å². The van der Waals surface area contributed by atoms with E-state index in [1.54, 1.807) is 18.2 Å². The molecule has 1 aromatic heterocycles. The summed E-state index contributed by atoms with van der Waals surface area (Å²) in [5.74, 6) is 0.205. The number of benzene rings is 1. The van der Waals surface area contributed by atoms with Gasteiger partial charge in [-0.3, -0.25) is 0 Å². The third-order valence-electron chi connectivity index (χ3n) is 2.34. The number of hydrogen-bond acceptors (Lipinski definition) is 1. The van der Waals surface area contributed by atoms with Crippen molar-refractivity contribution in [1.82, 2.24) is 9.55 Å². The second-order valence-corrected chi connectivity index (χ2v) is 4.97. The van der Waals surface area contributed by atoms with Crippen LogP contribution in [0.5, 0.6) is 0 Å². The van der Waals surface area contributed by atoms with Crippen LogP contribution in [0.25, 0.3) is 11.4 Å². The predicted octanol–water partition coefficient (Wildman–Crippen LogP) is 4.52. The fourth-order valence-electron chi connectivity index (χ4n) is 1.52. The van der Waals surface area contributed by atoms with Crippen LogP contribution < -0.4 is 0 Å². The lowest BCUT2D eigenvalue weighted by atomic mass is 10.2. The predicted molar refractivity (Wildman–Crippen MR) is 66.4 cm³/mol. The highest BCUT2D eigenvalue weighted by atomic mass is 79.9. The molecule has 2 rings (SSSR count). The Hall–Kier alpha value is -1.01. The van der Waals surface area contributed by atoms with Crippen molar-refractivity contribution >= 4 is 27.5 Å². The van der Waals surface area contributed by atoms with Crippen LogP contribution in [0.3, 0.4) is 0 Å². The molecule has 0 amide bonds. The maximum absolute atomic E-state index is 12.6. The summed E-state index contributed by atoms with van der Waals surface area (Å²) in [7, 11) is 1.50. The topological polar surface area (TPSA) is 17.8 Å². The molecule has 0 spiro atoms. The average molecular weight is 340 g/mol. The van der Waals surface area contributed by atoms with Crippen molar-refractivity contribution in [3.8, 4) is 11.4 Å². The first-order valence-electron chi connectivity index (χ1n) is 4.85. The van der Waals surface area contributed by atoms with E-state index >= 15 is 0 Å². The van der Waals surface area contributed by atoms with Gasteiger partial charge < -0.3 is 4.57 Å². The molecule has 0 atom stereocenters. The van der Waals surface area contributed by atoms with E-state index in [2.05, 4.69) is 20.9 Å². The van der Waals surface area contributed by atoms with Gasteiger partial charge in [0.15, 0.2) is 5.69 Å². The Morgan fingerprint density at radius 2 is 2.00 bits per heavy atom. The van der Waals surface area contributed by atoms with E-state index < -0.39 is 11.9 Å². The summed E-state index contributed by atoms with van der Waals surface area (Å²) in [6.07, 6.45) is -3.51. The first kappa shape index (κ1) is 13.4. The maximum atomic E-state index is 12.6. The molecular formula is C11H7BrClF3N2. The SMILES string of the molecule is Cn1cc(C(F)(F)F)nc1-c1cc(Cl)ccc1Br. The van der Waals surface area contributed by atoms with Gasteiger partial charge in [-0.1, -0.05) is 27.5 Å². The summed E-state index contributed by atoms with van der Waals surface area (Å²) in [6, 6.07) is 4.87. The molecule has 0 aliphatic heterocycles. The van der Waals surface area contributed by atoms with Gasteiger partial charge in [0.25, 0.3) is 0 Å². The van der Waals surface area contributed by atoms with Gasteiger partial charge in [-0.05, 0) is 18.2 Å². The molecule has 0 radical (unpaired) electrons. The molecule has 1 heterocycles. The molecule has 0 aliphatic rings. The number of imidazole rings is 1. The molecule has 0 bridgehead atoms. The highest BCUT2D eigenvalue weighted by Crippen LogP contribution is 2.34. The van der Waals surface area contributed by atoms with Gasteiger partial charge in [0, 0.05) is 28.3 Å². The largest absolute Gasteiger partial charge is 0.434 e. The van der Waals surface area contributed by atoms with Gasteiger partial charge in [0.2, 0.25) is 0 Å². The van der Waals surface area contributed by atoms with Crippen molar-refractivity contribution in [2.24, 2.45) is 7.05 Å². The molecule has 0 N–H and O–H groups in total. The Morgan fingerprint density at radius 3 is 2.56 bits per heavy atom. The summed E-state index contributed by atoms with van der Waals surface area (Å²) in [5.41, 5.74) is -0.410. The van der Waals surface area contributed by atoms with Crippen molar-refractivity contribution in [3.63, 3.8) is 0 Å². The van der Waals surface area contributed by atoms with Crippen LogP contribution in [-0.4, -0.2) is 9.55 Å². The quantitative estimate of drug-likeness (QED) is 0.747. The van der Waals surface area contributed by atoms with E-state index in [1.807, 2.05) is 0 Å². The molecule has 0 unspecified atom stereocenters. The summed E-state index contributed by atoms with van der Waals surface area (Å²) in [5, 5.41) is 0.435. The molecule has 0 aliphatic carbocycles. The fraction of sp³-hybridized carbons (Fsp3) is 0.182. The normalized spacial score (nSPS) is 11.9. The van der Waals surface area contributed by atoms with Crippen LogP contribution in [0.2, 0.25) is 5.02 Å². The van der Waals surface area contributed by atoms with Crippen LogP contribution in [0.15, 0.2) is 28.9 Å². The highest BCUT2D eigenvalue weighted by Gasteiger charge is 2.34. The van der Waals surface area contributed by atoms with Crippen molar-refractivity contribution in [1.29, 1.82) is 0 Å². The van der Waals surface area contributed by atoms with E-state index in [0.717, 1.165) is 6.20 Å². The Morgan fingerprint density at radius 1 is 1.33 bits per heavy atom. The number of halogens is 5. The third kappa shape index (κ3) is 2.54. The van der Waals surface area contributed by atoms with Crippen molar-refractivity contribution in [3.05, 3.63) is 39.6 Å². The monoisotopic (exact) mass is 338 g/mol. The van der Waals surface area contributed by atoms with Crippen LogP contribution in [0.1, 0.15) is 5.69 Å². The average Bonchev–Trinajstić information content (AvgIpc) is 2.64. The Balaban J connectivity index is 2.58. The summed E-state index contributed by atoms with van der Waals surface area (Å²) in [6.45, 7) is 0. The van der Waals surface area contributed by atoms with Crippen molar-refractivity contribution in [2.75, 3.05) is 0 Å². The molecule has 2 aromatic rings. The highest BCUT2D eigenvalue weighted by molar-refractivity contribution is 9.10. The van der Waals surface area contributed by atoms with E-state index in [0.29, 0.717) is 15.1 Å². The van der Waals surface area contributed by atoms with E-state index in [-0.39, 0.29) is 5.82 Å². The number of nitrogens with zero attached hydrogens (tertiary/aromatic N) is 2. The molecular weight excluding hydrogens is 332 g/mol. The van der Waals surface area contributed by atoms with Gasteiger partial charge >= 0.3 is 6.18 Å².